The van der Waals surface area contributed by atoms with Crippen LogP contribution >= 0.6 is 0 Å². The number of aryl methyl sites for hydroxylation is 5. The van der Waals surface area contributed by atoms with Gasteiger partial charge in [-0.15, -0.1) is 0 Å². The van der Waals surface area contributed by atoms with E-state index in [0.717, 1.165) is 70.2 Å². The fourth-order valence-corrected chi connectivity index (χ4v) is 12.1. The van der Waals surface area contributed by atoms with Gasteiger partial charge in [0.2, 0.25) is 0 Å². The van der Waals surface area contributed by atoms with Gasteiger partial charge in [0.15, 0.2) is 0 Å². The van der Waals surface area contributed by atoms with Crippen LogP contribution in [0.4, 0.5) is 0 Å². The first-order valence-electron chi connectivity index (χ1n) is 23.9. The third-order valence-electron chi connectivity index (χ3n) is 15.1. The van der Waals surface area contributed by atoms with E-state index in [0.29, 0.717) is 11.8 Å². The van der Waals surface area contributed by atoms with E-state index in [4.69, 9.17) is 0 Å². The summed E-state index contributed by atoms with van der Waals surface area (Å²) in [5, 5.41) is 18.5. The molecule has 4 aromatic heterocycles. The molecule has 324 valence electrons. The fraction of sp³-hybridized carbons (Fsp3) is 0.213. The van der Waals surface area contributed by atoms with Crippen LogP contribution in [0, 0.1) is 46.5 Å². The largest absolute Gasteiger partial charge is 0.508 e. The van der Waals surface area contributed by atoms with Gasteiger partial charge in [0.25, 0.3) is 0 Å². The zero-order chi connectivity index (χ0) is 44.9. The van der Waals surface area contributed by atoms with Crippen molar-refractivity contribution in [2.24, 2.45) is 11.8 Å². The SMILES string of the molecule is Cc1ccc2c(c1)c1c(n2-c2cc(-n3c4c(c5cc(C)ccc53)CC(C)CC4)c(-n3c4ccc(C)cc4c4cc(O)ccc43)c(-n3c4ccc(C)cc4c4cc(C)ccc43)c2)C=CC(C)C1. The van der Waals surface area contributed by atoms with Gasteiger partial charge in [0.1, 0.15) is 5.75 Å². The minimum Gasteiger partial charge on any atom is -0.508 e. The molecule has 4 heterocycles. The first kappa shape index (κ1) is 39.2. The van der Waals surface area contributed by atoms with Crippen molar-refractivity contribution in [1.29, 1.82) is 0 Å². The lowest BCUT2D eigenvalue weighted by Gasteiger charge is -2.26. The molecule has 0 radical (unpaired) electrons. The molecule has 0 bridgehead atoms. The van der Waals surface area contributed by atoms with Crippen LogP contribution in [0.25, 0.3) is 94.2 Å². The summed E-state index contributed by atoms with van der Waals surface area (Å²) in [4.78, 5) is 0. The lowest BCUT2D eigenvalue weighted by Crippen LogP contribution is -2.16. The third kappa shape index (κ3) is 5.65. The molecule has 0 spiro atoms. The summed E-state index contributed by atoms with van der Waals surface area (Å²) in [6, 6.07) is 45.8. The maximum atomic E-state index is 11.2. The van der Waals surface area contributed by atoms with Crippen molar-refractivity contribution in [3.63, 3.8) is 0 Å². The molecule has 2 atom stereocenters. The molecule has 7 aromatic carbocycles. The van der Waals surface area contributed by atoms with Gasteiger partial charge >= 0.3 is 0 Å². The number of hydrogen-bond donors (Lipinski definition) is 1. The average molecular weight is 859 g/mol. The van der Waals surface area contributed by atoms with E-state index >= 15 is 0 Å². The Kier molecular flexibility index (Phi) is 8.38. The van der Waals surface area contributed by atoms with Crippen molar-refractivity contribution in [3.05, 3.63) is 178 Å². The van der Waals surface area contributed by atoms with Gasteiger partial charge in [0, 0.05) is 43.7 Å². The molecular weight excluding hydrogens is 805 g/mol. The Morgan fingerprint density at radius 3 is 1.48 bits per heavy atom. The van der Waals surface area contributed by atoms with E-state index in [2.05, 4.69) is 188 Å². The van der Waals surface area contributed by atoms with Gasteiger partial charge in [-0.05, 0) is 180 Å². The highest BCUT2D eigenvalue weighted by Crippen LogP contribution is 2.47. The van der Waals surface area contributed by atoms with E-state index in [1.54, 1.807) is 0 Å². The molecule has 0 saturated carbocycles. The Morgan fingerprint density at radius 2 is 0.909 bits per heavy atom. The van der Waals surface area contributed by atoms with Crippen LogP contribution in [0.2, 0.25) is 0 Å². The maximum Gasteiger partial charge on any atom is 0.116 e. The summed E-state index contributed by atoms with van der Waals surface area (Å²) < 4.78 is 10.3. The monoisotopic (exact) mass is 858 g/mol. The Hall–Kier alpha value is -7.24. The van der Waals surface area contributed by atoms with Crippen LogP contribution in [-0.2, 0) is 19.3 Å². The standard InChI is InChI=1S/C61H54N4O/c1-34-8-16-51-43(24-34)44-25-35(2)9-17-52(44)62(51)41-31-59(63-53-18-10-36(3)26-45(53)46-27-37(4)11-19-54(46)63)61(65-57-22-14-40(7)30-49(57)50-33-42(66)15-23-58(50)65)60(32-41)64-55-20-12-38(5)28-47(55)48-29-39(6)13-21-56(48)64/h8-12,14-20,22-24,26-28,30-33,35,39,66H,13,21,25,29H2,1-7H3. The smallest absolute Gasteiger partial charge is 0.116 e. The Balaban J connectivity index is 1.30. The van der Waals surface area contributed by atoms with E-state index in [-0.39, 0.29) is 5.75 Å². The second-order valence-electron chi connectivity index (χ2n) is 20.2. The summed E-state index contributed by atoms with van der Waals surface area (Å²) in [5.74, 6) is 1.33. The fourth-order valence-electron chi connectivity index (χ4n) is 12.1. The number of phenols is 1. The van der Waals surface area contributed by atoms with Crippen LogP contribution in [0.5, 0.6) is 5.75 Å². The van der Waals surface area contributed by atoms with Crippen LogP contribution < -0.4 is 0 Å². The minimum absolute atomic E-state index is 0.267. The van der Waals surface area contributed by atoms with Crippen molar-refractivity contribution in [2.75, 3.05) is 0 Å². The van der Waals surface area contributed by atoms with Crippen LogP contribution in [0.3, 0.4) is 0 Å². The molecule has 0 saturated heterocycles. The lowest BCUT2D eigenvalue weighted by atomic mass is 9.87. The van der Waals surface area contributed by atoms with E-state index in [1.807, 2.05) is 12.1 Å². The van der Waals surface area contributed by atoms with E-state index in [1.165, 1.54) is 93.9 Å². The molecule has 5 heteroatoms. The minimum atomic E-state index is 0.267. The zero-order valence-electron chi connectivity index (χ0n) is 38.9. The highest BCUT2D eigenvalue weighted by Gasteiger charge is 2.31. The number of allylic oxidation sites excluding steroid dienone is 1. The quantitative estimate of drug-likeness (QED) is 0.188. The predicted molar refractivity (Wildman–Crippen MR) is 277 cm³/mol. The topological polar surface area (TPSA) is 39.9 Å². The first-order chi connectivity index (χ1) is 32.0. The molecular formula is C61H54N4O. The first-order valence-corrected chi connectivity index (χ1v) is 23.9. The number of fused-ring (bicyclic) bond motifs is 12. The molecule has 2 aliphatic rings. The van der Waals surface area contributed by atoms with Crippen molar-refractivity contribution >= 4 is 71.5 Å². The molecule has 2 aliphatic carbocycles. The summed E-state index contributed by atoms with van der Waals surface area (Å²) in [7, 11) is 0. The Bertz CT molecular complexity index is 3820. The Labute approximate surface area is 385 Å². The van der Waals surface area contributed by atoms with Crippen molar-refractivity contribution in [3.8, 4) is 28.5 Å². The molecule has 2 unspecified atom stereocenters. The molecule has 66 heavy (non-hydrogen) atoms. The van der Waals surface area contributed by atoms with Gasteiger partial charge in [-0.3, -0.25) is 0 Å². The molecule has 0 amide bonds. The van der Waals surface area contributed by atoms with Crippen LogP contribution in [0.1, 0.15) is 70.6 Å². The van der Waals surface area contributed by atoms with Gasteiger partial charge in [-0.25, -0.2) is 0 Å². The number of aromatic hydroxyl groups is 1. The van der Waals surface area contributed by atoms with E-state index in [9.17, 15) is 5.11 Å². The van der Waals surface area contributed by atoms with Gasteiger partial charge in [-0.1, -0.05) is 78.1 Å². The second-order valence-corrected chi connectivity index (χ2v) is 20.2. The highest BCUT2D eigenvalue weighted by molar-refractivity contribution is 6.13. The van der Waals surface area contributed by atoms with E-state index < -0.39 is 0 Å². The molecule has 0 fully saturated rings. The van der Waals surface area contributed by atoms with Crippen molar-refractivity contribution in [2.45, 2.75) is 74.1 Å². The number of benzene rings is 7. The average Bonchev–Trinajstić information content (AvgIpc) is 3.99. The summed E-state index contributed by atoms with van der Waals surface area (Å²) >= 11 is 0. The number of aromatic nitrogens is 4. The molecule has 13 rings (SSSR count). The molecule has 5 nitrogen and oxygen atoms in total. The van der Waals surface area contributed by atoms with Crippen molar-refractivity contribution in [1.82, 2.24) is 18.3 Å². The Morgan fingerprint density at radius 1 is 0.455 bits per heavy atom. The third-order valence-corrected chi connectivity index (χ3v) is 15.1. The molecule has 0 aliphatic heterocycles. The summed E-state index contributed by atoms with van der Waals surface area (Å²) in [6.45, 7) is 15.8. The zero-order valence-corrected chi connectivity index (χ0v) is 38.9. The predicted octanol–water partition coefficient (Wildman–Crippen LogP) is 15.3. The second kappa shape index (κ2) is 14.1. The van der Waals surface area contributed by atoms with Crippen LogP contribution in [-0.4, -0.2) is 23.4 Å². The maximum absolute atomic E-state index is 11.2. The number of phenolic OH excluding ortho intramolecular Hbond substituents is 1. The lowest BCUT2D eigenvalue weighted by molar-refractivity contribution is 0.476. The van der Waals surface area contributed by atoms with Crippen LogP contribution in [0.15, 0.2) is 127 Å². The summed E-state index contributed by atoms with van der Waals surface area (Å²) in [5.41, 5.74) is 23.3. The number of nitrogens with zero attached hydrogens (tertiary/aromatic N) is 4. The van der Waals surface area contributed by atoms with Crippen molar-refractivity contribution < 1.29 is 5.11 Å². The molecule has 1 N–H and O–H groups in total. The van der Waals surface area contributed by atoms with Gasteiger partial charge in [-0.2, -0.15) is 0 Å². The highest BCUT2D eigenvalue weighted by atomic mass is 16.3. The normalized spacial score (nSPS) is 16.2. The van der Waals surface area contributed by atoms with Gasteiger partial charge < -0.3 is 23.4 Å². The summed E-state index contributed by atoms with van der Waals surface area (Å²) in [6.07, 6.45) is 8.98. The number of hydrogen-bond acceptors (Lipinski definition) is 1. The number of rotatable bonds is 4. The van der Waals surface area contributed by atoms with Gasteiger partial charge in [0.05, 0.1) is 55.8 Å². The molecule has 11 aromatic rings.